The number of benzene rings is 4. The fourth-order valence-electron chi connectivity index (χ4n) is 6.00. The van der Waals surface area contributed by atoms with Gasteiger partial charge < -0.3 is 29.5 Å². The molecule has 0 amide bonds. The van der Waals surface area contributed by atoms with E-state index in [9.17, 15) is 23.1 Å². The van der Waals surface area contributed by atoms with Crippen LogP contribution >= 0.6 is 36.6 Å². The molecule has 1 saturated heterocycles. The average molecular weight is 795 g/mol. The Balaban J connectivity index is 0.000000292. The highest BCUT2D eigenvalue weighted by molar-refractivity contribution is 7.99. The molecular weight excluding hydrogens is 750 g/mol. The van der Waals surface area contributed by atoms with Gasteiger partial charge in [-0.1, -0.05) is 60.3 Å². The van der Waals surface area contributed by atoms with Gasteiger partial charge in [-0.2, -0.15) is 13.2 Å². The van der Waals surface area contributed by atoms with E-state index >= 15 is 0 Å². The number of ether oxygens (including phenoxy) is 2. The summed E-state index contributed by atoms with van der Waals surface area (Å²) in [6.45, 7) is 6.29. The molecule has 4 aromatic rings. The number of fused-ring (bicyclic) bond motifs is 2. The molecule has 4 aromatic carbocycles. The van der Waals surface area contributed by atoms with E-state index in [1.54, 1.807) is 18.2 Å². The van der Waals surface area contributed by atoms with E-state index in [1.807, 2.05) is 59.5 Å². The number of β-amino-alcohol motifs (C(OH)–C–C–N with tert-alkyl or cyclic N) is 1. The number of hydrogen-bond donors (Lipinski definition) is 2. The monoisotopic (exact) mass is 793 g/mol. The summed E-state index contributed by atoms with van der Waals surface area (Å²) in [5.74, 6) is 0.187. The second-order valence-corrected chi connectivity index (χ2v) is 13.1. The summed E-state index contributed by atoms with van der Waals surface area (Å²) in [7, 11) is 2.91. The van der Waals surface area contributed by atoms with Gasteiger partial charge >= 0.3 is 6.18 Å². The number of nitrogens with zero attached hydrogens (tertiary/aromatic N) is 3. The number of piperazine rings is 1. The molecule has 1 fully saturated rings. The number of ketones is 1. The highest BCUT2D eigenvalue weighted by Gasteiger charge is 2.33. The molecule has 2 heterocycles. The number of alkyl halides is 3. The molecule has 286 valence electrons. The van der Waals surface area contributed by atoms with Gasteiger partial charge in [0.15, 0.2) is 5.78 Å². The number of aromatic hydroxyl groups is 1. The lowest BCUT2D eigenvalue weighted by Gasteiger charge is -2.36. The van der Waals surface area contributed by atoms with Crippen molar-refractivity contribution in [3.63, 3.8) is 0 Å². The highest BCUT2D eigenvalue weighted by Crippen LogP contribution is 2.49. The molecule has 6 rings (SSSR count). The van der Waals surface area contributed by atoms with Gasteiger partial charge in [-0.3, -0.25) is 9.69 Å². The van der Waals surface area contributed by atoms with Gasteiger partial charge in [0.25, 0.3) is 0 Å². The smallest absolute Gasteiger partial charge is 0.416 e. The third-order valence-corrected chi connectivity index (χ3v) is 9.80. The second-order valence-electron chi connectivity index (χ2n) is 12.0. The molecule has 0 aliphatic carbocycles. The number of allylic oxidation sites excluding steroid dienone is 1. The molecule has 2 aliphatic heterocycles. The summed E-state index contributed by atoms with van der Waals surface area (Å²) in [6.07, 6.45) is -0.393. The summed E-state index contributed by atoms with van der Waals surface area (Å²) < 4.78 is 50.1. The van der Waals surface area contributed by atoms with Crippen LogP contribution in [0.15, 0.2) is 101 Å². The minimum absolute atomic E-state index is 0. The topological polar surface area (TPSA) is 85.7 Å². The largest absolute Gasteiger partial charge is 0.507 e. The third-order valence-electron chi connectivity index (χ3n) is 8.67. The van der Waals surface area contributed by atoms with Crippen LogP contribution in [0.2, 0.25) is 0 Å². The molecule has 0 radical (unpaired) electrons. The average Bonchev–Trinajstić information content (AvgIpc) is 3.14. The van der Waals surface area contributed by atoms with Gasteiger partial charge in [-0.05, 0) is 54.9 Å². The maximum atomic E-state index is 13.3. The lowest BCUT2D eigenvalue weighted by molar-refractivity contribution is -0.137. The maximum Gasteiger partial charge on any atom is 0.416 e. The number of aliphatic hydroxyl groups is 1. The molecule has 0 spiro atoms. The first-order chi connectivity index (χ1) is 24.6. The van der Waals surface area contributed by atoms with Crippen LogP contribution in [0.1, 0.15) is 27.9 Å². The van der Waals surface area contributed by atoms with Crippen LogP contribution in [0.3, 0.4) is 0 Å². The first kappa shape index (κ1) is 43.5. The number of para-hydroxylation sites is 1. The zero-order valence-corrected chi connectivity index (χ0v) is 31.9. The van der Waals surface area contributed by atoms with Crippen molar-refractivity contribution in [1.29, 1.82) is 0 Å². The zero-order valence-electron chi connectivity index (χ0n) is 29.4. The molecule has 2 N–H and O–H groups in total. The Bertz CT molecular complexity index is 1810. The molecule has 2 aliphatic rings. The number of hydrogen-bond acceptors (Lipinski definition) is 9. The second kappa shape index (κ2) is 20.5. The number of halogens is 5. The Labute approximate surface area is 325 Å². The number of carbonyl (C=O) groups is 1. The Morgan fingerprint density at radius 2 is 1.45 bits per heavy atom. The number of anilines is 2. The van der Waals surface area contributed by atoms with Crippen LogP contribution in [-0.2, 0) is 6.18 Å². The predicted octanol–water partition coefficient (Wildman–Crippen LogP) is 8.46. The van der Waals surface area contributed by atoms with Crippen molar-refractivity contribution in [2.75, 3.05) is 71.5 Å². The van der Waals surface area contributed by atoms with Gasteiger partial charge in [0.1, 0.15) is 22.8 Å². The van der Waals surface area contributed by atoms with E-state index < -0.39 is 11.7 Å². The van der Waals surface area contributed by atoms with Gasteiger partial charge in [0, 0.05) is 61.2 Å². The summed E-state index contributed by atoms with van der Waals surface area (Å²) in [5.41, 5.74) is 2.03. The minimum atomic E-state index is -4.35. The molecule has 0 bridgehead atoms. The highest BCUT2D eigenvalue weighted by atomic mass is 35.5. The summed E-state index contributed by atoms with van der Waals surface area (Å²) in [4.78, 5) is 20.9. The van der Waals surface area contributed by atoms with E-state index in [1.165, 1.54) is 50.3 Å². The van der Waals surface area contributed by atoms with E-state index in [-0.39, 0.29) is 54.3 Å². The number of phenols is 1. The fraction of sp³-hybridized carbons (Fsp3) is 0.308. The Morgan fingerprint density at radius 1 is 0.811 bits per heavy atom. The molecule has 0 aromatic heterocycles. The van der Waals surface area contributed by atoms with Crippen molar-refractivity contribution >= 4 is 59.8 Å². The molecular formula is C39H44Cl2F3N3O5S. The SMILES string of the molecule is COc1cc(O)c(C(=O)C=Cc2ccccc2)c(OC)c1.Cl.Cl.OCCN1CCN(CCCN2c3ccccc3Sc3ccc(C(F)(F)F)cc32)CC1. The molecule has 0 atom stereocenters. The standard InChI is InChI=1S/C22H26F3N3OS.C17H16O4.2ClH/c23-22(24,25)17-6-7-21-19(16-17)28(18-4-1-2-5-20(18)30-21)9-3-8-26-10-12-27(13-11-26)14-15-29;1-20-13-10-15(19)17(16(11-13)21-2)14(18)9-8-12-6-4-3-5-7-12;;/h1-2,4-7,16,29H,3,8-15H2;3-11,19H,1-2H3;2*1H. The number of methoxy groups -OCH3 is 2. The van der Waals surface area contributed by atoms with Crippen LogP contribution in [0.25, 0.3) is 6.08 Å². The van der Waals surface area contributed by atoms with Crippen molar-refractivity contribution in [2.45, 2.75) is 22.4 Å². The van der Waals surface area contributed by atoms with E-state index in [4.69, 9.17) is 14.6 Å². The van der Waals surface area contributed by atoms with Gasteiger partial charge in [0.2, 0.25) is 0 Å². The first-order valence-electron chi connectivity index (χ1n) is 16.6. The van der Waals surface area contributed by atoms with Crippen molar-refractivity contribution < 1.29 is 37.7 Å². The van der Waals surface area contributed by atoms with Crippen LogP contribution in [0.4, 0.5) is 24.5 Å². The normalized spacial score (nSPS) is 14.2. The number of carbonyl (C=O) groups excluding carboxylic acids is 1. The summed E-state index contributed by atoms with van der Waals surface area (Å²) in [5, 5.41) is 19.1. The summed E-state index contributed by atoms with van der Waals surface area (Å²) in [6, 6.07) is 24.3. The molecule has 14 heteroatoms. The van der Waals surface area contributed by atoms with Crippen LogP contribution in [-0.4, -0.2) is 92.4 Å². The van der Waals surface area contributed by atoms with Crippen molar-refractivity contribution in [3.8, 4) is 17.2 Å². The van der Waals surface area contributed by atoms with E-state index in [0.29, 0.717) is 24.5 Å². The molecule has 0 saturated carbocycles. The van der Waals surface area contributed by atoms with Crippen molar-refractivity contribution in [1.82, 2.24) is 9.80 Å². The molecule has 8 nitrogen and oxygen atoms in total. The molecule has 53 heavy (non-hydrogen) atoms. The Kier molecular flexibility index (Phi) is 16.8. The Morgan fingerprint density at radius 3 is 2.09 bits per heavy atom. The van der Waals surface area contributed by atoms with E-state index in [2.05, 4.69) is 9.80 Å². The molecule has 0 unspecified atom stereocenters. The lowest BCUT2D eigenvalue weighted by atomic mass is 10.1. The number of rotatable bonds is 11. The van der Waals surface area contributed by atoms with Crippen molar-refractivity contribution in [3.05, 3.63) is 108 Å². The quantitative estimate of drug-likeness (QED) is 0.115. The zero-order chi connectivity index (χ0) is 36.4. The van der Waals surface area contributed by atoms with Crippen molar-refractivity contribution in [2.24, 2.45) is 0 Å². The Hall–Kier alpha value is -3.91. The maximum absolute atomic E-state index is 13.3. The lowest BCUT2D eigenvalue weighted by Crippen LogP contribution is -2.47. The van der Waals surface area contributed by atoms with Crippen LogP contribution in [0, 0.1) is 0 Å². The summed E-state index contributed by atoms with van der Waals surface area (Å²) >= 11 is 1.53. The number of phenolic OH excluding ortho intramolecular Hbond substituents is 1. The van der Waals surface area contributed by atoms with E-state index in [0.717, 1.165) is 60.2 Å². The van der Waals surface area contributed by atoms with Crippen LogP contribution < -0.4 is 14.4 Å². The number of aliphatic hydroxyl groups excluding tert-OH is 1. The van der Waals surface area contributed by atoms with Gasteiger partial charge in [-0.15, -0.1) is 24.8 Å². The fourth-order valence-corrected chi connectivity index (χ4v) is 7.08. The van der Waals surface area contributed by atoms with Gasteiger partial charge in [-0.25, -0.2) is 0 Å². The van der Waals surface area contributed by atoms with Crippen LogP contribution in [0.5, 0.6) is 17.2 Å². The predicted molar refractivity (Wildman–Crippen MR) is 209 cm³/mol. The van der Waals surface area contributed by atoms with Gasteiger partial charge in [0.05, 0.1) is 37.8 Å². The minimum Gasteiger partial charge on any atom is -0.507 e. The third kappa shape index (κ3) is 11.5. The first-order valence-corrected chi connectivity index (χ1v) is 17.5.